The molecule has 1 amide bonds. The fourth-order valence-electron chi connectivity index (χ4n) is 2.34. The first kappa shape index (κ1) is 14.4. The maximum absolute atomic E-state index is 11.8. The summed E-state index contributed by atoms with van der Waals surface area (Å²) in [5.41, 5.74) is 2.23. The molecule has 1 unspecified atom stereocenters. The highest BCUT2D eigenvalue weighted by Crippen LogP contribution is 2.28. The van der Waals surface area contributed by atoms with E-state index >= 15 is 0 Å². The zero-order chi connectivity index (χ0) is 14.0. The van der Waals surface area contributed by atoms with Crippen molar-refractivity contribution in [2.75, 3.05) is 0 Å². The fraction of sp³-hybridized carbons (Fsp3) is 0.533. The zero-order valence-corrected chi connectivity index (χ0v) is 13.2. The normalized spacial score (nSPS) is 18.6. The SMILES string of the molecule is CC(C)(C)OC(=O)NC1CCc2cccc(Br)c2C1. The first-order valence-electron chi connectivity index (χ1n) is 6.61. The lowest BCUT2D eigenvalue weighted by Gasteiger charge is -2.28. The van der Waals surface area contributed by atoms with Crippen molar-refractivity contribution in [2.24, 2.45) is 0 Å². The quantitative estimate of drug-likeness (QED) is 0.852. The molecule has 1 aromatic carbocycles. The van der Waals surface area contributed by atoms with Gasteiger partial charge in [-0.3, -0.25) is 0 Å². The second kappa shape index (κ2) is 5.53. The third-order valence-electron chi connectivity index (χ3n) is 3.15. The van der Waals surface area contributed by atoms with Crippen LogP contribution in [0.25, 0.3) is 0 Å². The van der Waals surface area contributed by atoms with Crippen LogP contribution in [0.3, 0.4) is 0 Å². The van der Waals surface area contributed by atoms with Crippen LogP contribution in [-0.2, 0) is 17.6 Å². The van der Waals surface area contributed by atoms with Gasteiger partial charge in [0.15, 0.2) is 0 Å². The molecule has 1 aliphatic rings. The Balaban J connectivity index is 1.99. The van der Waals surface area contributed by atoms with Gasteiger partial charge in [0.1, 0.15) is 5.60 Å². The van der Waals surface area contributed by atoms with Crippen LogP contribution in [0.1, 0.15) is 38.3 Å². The van der Waals surface area contributed by atoms with Gasteiger partial charge in [0.25, 0.3) is 0 Å². The van der Waals surface area contributed by atoms with Crippen molar-refractivity contribution in [3.8, 4) is 0 Å². The summed E-state index contributed by atoms with van der Waals surface area (Å²) in [4.78, 5) is 11.8. The minimum atomic E-state index is -0.447. The molecule has 0 saturated heterocycles. The Morgan fingerprint density at radius 1 is 1.42 bits per heavy atom. The highest BCUT2D eigenvalue weighted by molar-refractivity contribution is 9.10. The molecule has 0 bridgehead atoms. The van der Waals surface area contributed by atoms with Gasteiger partial charge in [0, 0.05) is 10.5 Å². The number of hydrogen-bond donors (Lipinski definition) is 1. The Bertz CT molecular complexity index is 480. The van der Waals surface area contributed by atoms with E-state index in [1.54, 1.807) is 0 Å². The van der Waals surface area contributed by atoms with E-state index in [9.17, 15) is 4.79 Å². The molecule has 0 fully saturated rings. The van der Waals surface area contributed by atoms with Gasteiger partial charge in [-0.05, 0) is 57.2 Å². The number of amides is 1. The first-order valence-corrected chi connectivity index (χ1v) is 7.40. The van der Waals surface area contributed by atoms with Crippen LogP contribution < -0.4 is 5.32 Å². The Morgan fingerprint density at radius 2 is 2.16 bits per heavy atom. The number of ether oxygens (including phenoxy) is 1. The highest BCUT2D eigenvalue weighted by atomic mass is 79.9. The van der Waals surface area contributed by atoms with Crippen LogP contribution in [0.15, 0.2) is 22.7 Å². The second-order valence-corrected chi connectivity index (χ2v) is 6.82. The van der Waals surface area contributed by atoms with E-state index in [-0.39, 0.29) is 12.1 Å². The standard InChI is InChI=1S/C15H20BrNO2/c1-15(2,3)19-14(18)17-11-8-7-10-5-4-6-13(16)12(10)9-11/h4-6,11H,7-9H2,1-3H3,(H,17,18). The molecule has 104 valence electrons. The molecular weight excluding hydrogens is 306 g/mol. The van der Waals surface area contributed by atoms with Crippen LogP contribution in [-0.4, -0.2) is 17.7 Å². The van der Waals surface area contributed by atoms with E-state index in [0.717, 1.165) is 23.7 Å². The fourth-order valence-corrected chi connectivity index (χ4v) is 2.91. The van der Waals surface area contributed by atoms with Crippen molar-refractivity contribution in [3.05, 3.63) is 33.8 Å². The van der Waals surface area contributed by atoms with Crippen molar-refractivity contribution in [1.29, 1.82) is 0 Å². The number of aryl methyl sites for hydroxylation is 1. The molecule has 0 saturated carbocycles. The predicted octanol–water partition coefficient (Wildman–Crippen LogP) is 3.83. The maximum Gasteiger partial charge on any atom is 0.407 e. The van der Waals surface area contributed by atoms with Crippen LogP contribution in [0.5, 0.6) is 0 Å². The van der Waals surface area contributed by atoms with Gasteiger partial charge in [0.05, 0.1) is 0 Å². The number of fused-ring (bicyclic) bond motifs is 1. The molecule has 1 N–H and O–H groups in total. The van der Waals surface area contributed by atoms with Crippen LogP contribution in [0.2, 0.25) is 0 Å². The molecule has 4 heteroatoms. The summed E-state index contributed by atoms with van der Waals surface area (Å²) in [5.74, 6) is 0. The zero-order valence-electron chi connectivity index (χ0n) is 11.6. The second-order valence-electron chi connectivity index (χ2n) is 5.96. The van der Waals surface area contributed by atoms with Crippen molar-refractivity contribution in [3.63, 3.8) is 0 Å². The molecule has 0 aromatic heterocycles. The van der Waals surface area contributed by atoms with E-state index < -0.39 is 5.60 Å². The Hall–Kier alpha value is -1.03. The van der Waals surface area contributed by atoms with Gasteiger partial charge in [-0.15, -0.1) is 0 Å². The van der Waals surface area contributed by atoms with Crippen LogP contribution >= 0.6 is 15.9 Å². The number of hydrogen-bond acceptors (Lipinski definition) is 2. The number of carbonyl (C=O) groups is 1. The van der Waals surface area contributed by atoms with E-state index in [4.69, 9.17) is 4.74 Å². The lowest BCUT2D eigenvalue weighted by molar-refractivity contribution is 0.0500. The minimum Gasteiger partial charge on any atom is -0.444 e. The van der Waals surface area contributed by atoms with E-state index in [1.807, 2.05) is 20.8 Å². The third-order valence-corrected chi connectivity index (χ3v) is 3.89. The van der Waals surface area contributed by atoms with Gasteiger partial charge >= 0.3 is 6.09 Å². The number of nitrogens with one attached hydrogen (secondary N) is 1. The largest absolute Gasteiger partial charge is 0.444 e. The van der Waals surface area contributed by atoms with E-state index in [1.165, 1.54) is 11.1 Å². The minimum absolute atomic E-state index is 0.154. The molecule has 0 spiro atoms. The topological polar surface area (TPSA) is 38.3 Å². The summed E-state index contributed by atoms with van der Waals surface area (Å²) < 4.78 is 6.42. The lowest BCUT2D eigenvalue weighted by Crippen LogP contribution is -2.41. The average molecular weight is 326 g/mol. The van der Waals surface area contributed by atoms with Crippen molar-refractivity contribution >= 4 is 22.0 Å². The molecule has 0 aliphatic heterocycles. The monoisotopic (exact) mass is 325 g/mol. The third kappa shape index (κ3) is 3.96. The maximum atomic E-state index is 11.8. The molecule has 1 aromatic rings. The van der Waals surface area contributed by atoms with Gasteiger partial charge < -0.3 is 10.1 Å². The Labute approximate surface area is 122 Å². The highest BCUT2D eigenvalue weighted by Gasteiger charge is 2.24. The molecule has 1 atom stereocenters. The number of alkyl carbamates (subject to hydrolysis) is 1. The number of rotatable bonds is 1. The summed E-state index contributed by atoms with van der Waals surface area (Å²) in [5, 5.41) is 2.96. The molecule has 1 aliphatic carbocycles. The summed E-state index contributed by atoms with van der Waals surface area (Å²) in [7, 11) is 0. The summed E-state index contributed by atoms with van der Waals surface area (Å²) in [6.07, 6.45) is 2.49. The van der Waals surface area contributed by atoms with Crippen LogP contribution in [0, 0.1) is 0 Å². The van der Waals surface area contributed by atoms with Gasteiger partial charge in [0.2, 0.25) is 0 Å². The summed E-state index contributed by atoms with van der Waals surface area (Å²) in [6, 6.07) is 6.42. The number of carbonyl (C=O) groups excluding carboxylic acids is 1. The molecule has 3 nitrogen and oxygen atoms in total. The van der Waals surface area contributed by atoms with Crippen molar-refractivity contribution in [1.82, 2.24) is 5.32 Å². The van der Waals surface area contributed by atoms with Crippen LogP contribution in [0.4, 0.5) is 4.79 Å². The summed E-state index contributed by atoms with van der Waals surface area (Å²) in [6.45, 7) is 5.62. The van der Waals surface area contributed by atoms with Crippen molar-refractivity contribution in [2.45, 2.75) is 51.7 Å². The number of halogens is 1. The predicted molar refractivity (Wildman–Crippen MR) is 79.3 cm³/mol. The smallest absolute Gasteiger partial charge is 0.407 e. The molecule has 19 heavy (non-hydrogen) atoms. The van der Waals surface area contributed by atoms with Gasteiger partial charge in [-0.25, -0.2) is 4.79 Å². The van der Waals surface area contributed by atoms with Gasteiger partial charge in [-0.1, -0.05) is 28.1 Å². The lowest BCUT2D eigenvalue weighted by atomic mass is 9.88. The summed E-state index contributed by atoms with van der Waals surface area (Å²) >= 11 is 3.58. The average Bonchev–Trinajstić information content (AvgIpc) is 2.27. The molecule has 0 radical (unpaired) electrons. The number of benzene rings is 1. The van der Waals surface area contributed by atoms with Crippen molar-refractivity contribution < 1.29 is 9.53 Å². The Morgan fingerprint density at radius 3 is 2.84 bits per heavy atom. The van der Waals surface area contributed by atoms with Gasteiger partial charge in [-0.2, -0.15) is 0 Å². The molecule has 0 heterocycles. The Kier molecular flexibility index (Phi) is 4.19. The van der Waals surface area contributed by atoms with E-state index in [0.29, 0.717) is 0 Å². The first-order chi connectivity index (χ1) is 8.85. The molecular formula is C15H20BrNO2. The molecule has 2 rings (SSSR count). The van der Waals surface area contributed by atoms with E-state index in [2.05, 4.69) is 39.4 Å².